The van der Waals surface area contributed by atoms with Crippen LogP contribution in [0.25, 0.3) is 0 Å². The van der Waals surface area contributed by atoms with Gasteiger partial charge in [-0.15, -0.1) is 0 Å². The number of carbonyl (C=O) groups excluding carboxylic acids is 1. The fraction of sp³-hybridized carbons (Fsp3) is 0.650. The van der Waals surface area contributed by atoms with E-state index in [4.69, 9.17) is 0 Å². The third-order valence-electron chi connectivity index (χ3n) is 5.56. The van der Waals surface area contributed by atoms with Gasteiger partial charge < -0.3 is 4.90 Å². The SMILES string of the molecule is CCN(CCC(F)(F)F)C(=O)c1cc(C)c(C)c(S(=O)(=O)N2CCC(C)CC2)c1. The molecule has 9 heteroatoms. The van der Waals surface area contributed by atoms with Gasteiger partial charge in [-0.2, -0.15) is 17.5 Å². The molecule has 2 rings (SSSR count). The molecule has 0 atom stereocenters. The van der Waals surface area contributed by atoms with Crippen molar-refractivity contribution in [3.63, 3.8) is 0 Å². The minimum Gasteiger partial charge on any atom is -0.339 e. The Kier molecular flexibility index (Phi) is 7.37. The van der Waals surface area contributed by atoms with Crippen molar-refractivity contribution in [2.75, 3.05) is 26.2 Å². The number of rotatable bonds is 6. The van der Waals surface area contributed by atoms with Crippen LogP contribution in [0.3, 0.4) is 0 Å². The largest absolute Gasteiger partial charge is 0.390 e. The molecule has 0 spiro atoms. The fourth-order valence-corrected chi connectivity index (χ4v) is 5.22. The van der Waals surface area contributed by atoms with E-state index < -0.39 is 35.1 Å². The normalized spacial score (nSPS) is 16.8. The number of piperidine rings is 1. The first-order valence-corrected chi connectivity index (χ1v) is 11.3. The van der Waals surface area contributed by atoms with E-state index in [0.717, 1.165) is 17.7 Å². The van der Waals surface area contributed by atoms with Crippen molar-refractivity contribution >= 4 is 15.9 Å². The van der Waals surface area contributed by atoms with E-state index in [9.17, 15) is 26.4 Å². The highest BCUT2D eigenvalue weighted by molar-refractivity contribution is 7.89. The number of carbonyl (C=O) groups is 1. The topological polar surface area (TPSA) is 57.7 Å². The van der Waals surface area contributed by atoms with E-state index >= 15 is 0 Å². The lowest BCUT2D eigenvalue weighted by Crippen LogP contribution is -2.38. The highest BCUT2D eigenvalue weighted by Gasteiger charge is 2.32. The van der Waals surface area contributed by atoms with Crippen LogP contribution >= 0.6 is 0 Å². The standard InChI is InChI=1S/C20H29F3N2O3S/c1-5-24(11-8-20(21,22)23)19(26)17-12-15(3)16(4)18(13-17)29(27,28)25-9-6-14(2)7-10-25/h12-14H,5-11H2,1-4H3. The summed E-state index contributed by atoms with van der Waals surface area (Å²) in [4.78, 5) is 14.0. The molecule has 1 aliphatic rings. The zero-order valence-electron chi connectivity index (χ0n) is 17.3. The number of amides is 1. The van der Waals surface area contributed by atoms with Gasteiger partial charge >= 0.3 is 6.18 Å². The van der Waals surface area contributed by atoms with Crippen LogP contribution in [0.5, 0.6) is 0 Å². The molecule has 1 fully saturated rings. The van der Waals surface area contributed by atoms with Crippen LogP contribution in [0.2, 0.25) is 0 Å². The minimum atomic E-state index is -4.36. The molecule has 1 amide bonds. The van der Waals surface area contributed by atoms with E-state index in [-0.39, 0.29) is 17.0 Å². The maximum atomic E-state index is 13.2. The summed E-state index contributed by atoms with van der Waals surface area (Å²) in [7, 11) is -3.78. The van der Waals surface area contributed by atoms with Crippen LogP contribution in [0.4, 0.5) is 13.2 Å². The van der Waals surface area contributed by atoms with Crippen molar-refractivity contribution in [2.24, 2.45) is 5.92 Å². The van der Waals surface area contributed by atoms with Crippen molar-refractivity contribution in [3.8, 4) is 0 Å². The van der Waals surface area contributed by atoms with Crippen LogP contribution in [-0.4, -0.2) is 55.9 Å². The molecule has 1 aromatic rings. The molecule has 0 saturated carbocycles. The Balaban J connectivity index is 2.36. The van der Waals surface area contributed by atoms with Gasteiger partial charge in [-0.1, -0.05) is 6.92 Å². The first-order valence-electron chi connectivity index (χ1n) is 9.84. The molecular formula is C20H29F3N2O3S. The van der Waals surface area contributed by atoms with Crippen LogP contribution in [0.15, 0.2) is 17.0 Å². The predicted molar refractivity (Wildman–Crippen MR) is 105 cm³/mol. The van der Waals surface area contributed by atoms with Gasteiger partial charge in [0.15, 0.2) is 0 Å². The quantitative estimate of drug-likeness (QED) is 0.676. The summed E-state index contributed by atoms with van der Waals surface area (Å²) in [5, 5.41) is 0. The van der Waals surface area contributed by atoms with E-state index in [0.29, 0.717) is 30.1 Å². The molecule has 0 aromatic heterocycles. The zero-order chi connectivity index (χ0) is 22.0. The van der Waals surface area contributed by atoms with Crippen molar-refractivity contribution in [1.82, 2.24) is 9.21 Å². The Labute approximate surface area is 170 Å². The highest BCUT2D eigenvalue weighted by atomic mass is 32.2. The van der Waals surface area contributed by atoms with Gasteiger partial charge in [-0.25, -0.2) is 8.42 Å². The Hall–Kier alpha value is -1.61. The third-order valence-corrected chi connectivity index (χ3v) is 7.59. The summed E-state index contributed by atoms with van der Waals surface area (Å²) >= 11 is 0. The van der Waals surface area contributed by atoms with Gasteiger partial charge in [0.1, 0.15) is 0 Å². The highest BCUT2D eigenvalue weighted by Crippen LogP contribution is 2.28. The number of nitrogens with zero attached hydrogens (tertiary/aromatic N) is 2. The number of benzene rings is 1. The van der Waals surface area contributed by atoms with E-state index in [1.165, 1.54) is 10.4 Å². The molecule has 0 N–H and O–H groups in total. The molecule has 0 aliphatic carbocycles. The molecule has 1 heterocycles. The van der Waals surface area contributed by atoms with E-state index in [1.807, 2.05) is 0 Å². The summed E-state index contributed by atoms with van der Waals surface area (Å²) in [6.45, 7) is 7.56. The maximum absolute atomic E-state index is 13.2. The van der Waals surface area contributed by atoms with Gasteiger partial charge in [-0.3, -0.25) is 4.79 Å². The van der Waals surface area contributed by atoms with E-state index in [2.05, 4.69) is 6.92 Å². The van der Waals surface area contributed by atoms with Crippen LogP contribution in [-0.2, 0) is 10.0 Å². The fourth-order valence-electron chi connectivity index (χ4n) is 3.43. The zero-order valence-corrected chi connectivity index (χ0v) is 18.2. The number of sulfonamides is 1. The molecule has 0 unspecified atom stereocenters. The van der Waals surface area contributed by atoms with Crippen LogP contribution in [0, 0.1) is 19.8 Å². The maximum Gasteiger partial charge on any atom is 0.390 e. The van der Waals surface area contributed by atoms with Gasteiger partial charge in [0.2, 0.25) is 10.0 Å². The number of halogens is 3. The minimum absolute atomic E-state index is 0.0577. The van der Waals surface area contributed by atoms with Crippen molar-refractivity contribution < 1.29 is 26.4 Å². The number of hydrogen-bond donors (Lipinski definition) is 0. The van der Waals surface area contributed by atoms with Crippen molar-refractivity contribution in [2.45, 2.75) is 58.0 Å². The van der Waals surface area contributed by atoms with Gasteiger partial charge in [0.05, 0.1) is 11.3 Å². The molecule has 1 aromatic carbocycles. The van der Waals surface area contributed by atoms with Crippen molar-refractivity contribution in [1.29, 1.82) is 0 Å². The second-order valence-corrected chi connectivity index (χ2v) is 9.66. The summed E-state index contributed by atoms with van der Waals surface area (Å²) < 4.78 is 65.5. The molecule has 0 bridgehead atoms. The molecule has 164 valence electrons. The lowest BCUT2D eigenvalue weighted by Gasteiger charge is -2.30. The Morgan fingerprint density at radius 2 is 1.79 bits per heavy atom. The Bertz CT molecular complexity index is 845. The molecule has 1 saturated heterocycles. The summed E-state index contributed by atoms with van der Waals surface area (Å²) in [5.41, 5.74) is 1.27. The summed E-state index contributed by atoms with van der Waals surface area (Å²) in [6.07, 6.45) is -3.92. The van der Waals surface area contributed by atoms with Gasteiger partial charge in [0, 0.05) is 31.7 Å². The molecule has 29 heavy (non-hydrogen) atoms. The van der Waals surface area contributed by atoms with Gasteiger partial charge in [0.25, 0.3) is 5.91 Å². The summed E-state index contributed by atoms with van der Waals surface area (Å²) in [5.74, 6) is -0.132. The van der Waals surface area contributed by atoms with Crippen molar-refractivity contribution in [3.05, 3.63) is 28.8 Å². The average molecular weight is 435 g/mol. The average Bonchev–Trinajstić information content (AvgIpc) is 2.63. The lowest BCUT2D eigenvalue weighted by molar-refractivity contribution is -0.136. The predicted octanol–water partition coefficient (Wildman–Crippen LogP) is 4.14. The summed E-state index contributed by atoms with van der Waals surface area (Å²) in [6, 6.07) is 2.86. The smallest absolute Gasteiger partial charge is 0.339 e. The molecule has 0 radical (unpaired) electrons. The van der Waals surface area contributed by atoms with Crippen LogP contribution in [0.1, 0.15) is 54.6 Å². The van der Waals surface area contributed by atoms with Gasteiger partial charge in [-0.05, 0) is 62.8 Å². The Morgan fingerprint density at radius 3 is 2.31 bits per heavy atom. The molecule has 1 aliphatic heterocycles. The monoisotopic (exact) mass is 434 g/mol. The first-order chi connectivity index (χ1) is 13.4. The second kappa shape index (κ2) is 9.04. The Morgan fingerprint density at radius 1 is 1.21 bits per heavy atom. The first kappa shape index (κ1) is 23.7. The molecular weight excluding hydrogens is 405 g/mol. The number of aryl methyl sites for hydroxylation is 1. The second-order valence-electron chi connectivity index (χ2n) is 7.75. The third kappa shape index (κ3) is 5.72. The lowest BCUT2D eigenvalue weighted by atomic mass is 10.0. The number of alkyl halides is 3. The number of hydrogen-bond acceptors (Lipinski definition) is 3. The molecule has 5 nitrogen and oxygen atoms in total. The van der Waals surface area contributed by atoms with Crippen LogP contribution < -0.4 is 0 Å². The van der Waals surface area contributed by atoms with E-state index in [1.54, 1.807) is 26.8 Å².